The van der Waals surface area contributed by atoms with Gasteiger partial charge in [-0.1, -0.05) is 0 Å². The highest BCUT2D eigenvalue weighted by atomic mass is 32.1. The van der Waals surface area contributed by atoms with Crippen LogP contribution in [-0.2, 0) is 16.0 Å². The van der Waals surface area contributed by atoms with Gasteiger partial charge in [-0.05, 0) is 31.0 Å². The fourth-order valence-electron chi connectivity index (χ4n) is 2.91. The van der Waals surface area contributed by atoms with Crippen molar-refractivity contribution in [2.24, 2.45) is 0 Å². The van der Waals surface area contributed by atoms with Gasteiger partial charge in [-0.2, -0.15) is 0 Å². The third-order valence-electron chi connectivity index (χ3n) is 4.30. The van der Waals surface area contributed by atoms with E-state index in [1.165, 1.54) is 11.3 Å². The van der Waals surface area contributed by atoms with Gasteiger partial charge in [-0.15, -0.1) is 11.3 Å². The van der Waals surface area contributed by atoms with Crippen molar-refractivity contribution in [2.45, 2.75) is 25.4 Å². The Morgan fingerprint density at radius 1 is 1.26 bits per heavy atom. The Morgan fingerprint density at radius 2 is 2.15 bits per heavy atom. The molecule has 2 aliphatic heterocycles. The zero-order valence-electron chi connectivity index (χ0n) is 14.5. The molecule has 8 nitrogen and oxygen atoms in total. The third-order valence-corrected chi connectivity index (χ3v) is 5.11. The molecule has 0 radical (unpaired) electrons. The fourth-order valence-corrected chi connectivity index (χ4v) is 3.62. The predicted octanol–water partition coefficient (Wildman–Crippen LogP) is 1.96. The van der Waals surface area contributed by atoms with E-state index in [4.69, 9.17) is 14.2 Å². The molecule has 0 aliphatic carbocycles. The van der Waals surface area contributed by atoms with Crippen LogP contribution in [0.3, 0.4) is 0 Å². The highest BCUT2D eigenvalue weighted by Crippen LogP contribution is 2.32. The lowest BCUT2D eigenvalue weighted by Gasteiger charge is -2.09. The van der Waals surface area contributed by atoms with Crippen molar-refractivity contribution in [1.29, 1.82) is 0 Å². The normalized spacial score (nSPS) is 17.7. The van der Waals surface area contributed by atoms with Crippen LogP contribution in [0.15, 0.2) is 23.6 Å². The number of aromatic nitrogens is 1. The number of hydrogen-bond acceptors (Lipinski definition) is 7. The van der Waals surface area contributed by atoms with Gasteiger partial charge in [-0.25, -0.2) is 4.98 Å². The Labute approximate surface area is 159 Å². The first-order chi connectivity index (χ1) is 13.2. The zero-order chi connectivity index (χ0) is 18.6. The molecule has 0 bridgehead atoms. The second-order valence-corrected chi connectivity index (χ2v) is 7.14. The van der Waals surface area contributed by atoms with Crippen molar-refractivity contribution in [1.82, 2.24) is 10.3 Å². The molecule has 142 valence electrons. The van der Waals surface area contributed by atoms with Crippen molar-refractivity contribution in [2.75, 3.05) is 25.3 Å². The molecule has 4 rings (SSSR count). The van der Waals surface area contributed by atoms with Crippen LogP contribution in [0.1, 0.15) is 28.9 Å². The van der Waals surface area contributed by atoms with Crippen molar-refractivity contribution < 1.29 is 23.8 Å². The van der Waals surface area contributed by atoms with Gasteiger partial charge in [0.1, 0.15) is 0 Å². The molecule has 0 spiro atoms. The van der Waals surface area contributed by atoms with Gasteiger partial charge in [0.2, 0.25) is 12.7 Å². The minimum Gasteiger partial charge on any atom is -0.454 e. The number of thiazole rings is 1. The quantitative estimate of drug-likeness (QED) is 0.784. The Balaban J connectivity index is 1.29. The molecular formula is C18H19N3O5S. The van der Waals surface area contributed by atoms with E-state index in [1.54, 1.807) is 23.6 Å². The number of nitrogens with zero attached hydrogens (tertiary/aromatic N) is 1. The maximum Gasteiger partial charge on any atom is 0.257 e. The molecule has 9 heteroatoms. The van der Waals surface area contributed by atoms with Gasteiger partial charge in [0.05, 0.1) is 18.2 Å². The van der Waals surface area contributed by atoms with Crippen LogP contribution in [0.25, 0.3) is 0 Å². The number of rotatable bonds is 6. The van der Waals surface area contributed by atoms with Gasteiger partial charge in [-0.3, -0.25) is 14.9 Å². The number of carbonyl (C=O) groups excluding carboxylic acids is 2. The fraction of sp³-hybridized carbons (Fsp3) is 0.389. The molecule has 1 unspecified atom stereocenters. The molecule has 0 saturated carbocycles. The second kappa shape index (κ2) is 7.93. The van der Waals surface area contributed by atoms with Crippen molar-refractivity contribution in [3.63, 3.8) is 0 Å². The van der Waals surface area contributed by atoms with E-state index >= 15 is 0 Å². The molecule has 1 aromatic carbocycles. The van der Waals surface area contributed by atoms with Crippen LogP contribution in [0, 0.1) is 0 Å². The highest BCUT2D eigenvalue weighted by Gasteiger charge is 2.18. The van der Waals surface area contributed by atoms with Crippen LogP contribution in [0.2, 0.25) is 0 Å². The first kappa shape index (κ1) is 17.7. The summed E-state index contributed by atoms with van der Waals surface area (Å²) in [5, 5.41) is 7.81. The van der Waals surface area contributed by atoms with E-state index in [-0.39, 0.29) is 31.1 Å². The molecule has 1 saturated heterocycles. The van der Waals surface area contributed by atoms with Crippen LogP contribution in [-0.4, -0.2) is 42.8 Å². The van der Waals surface area contributed by atoms with Crippen molar-refractivity contribution >= 4 is 28.3 Å². The highest BCUT2D eigenvalue weighted by molar-refractivity contribution is 7.14. The summed E-state index contributed by atoms with van der Waals surface area (Å²) >= 11 is 1.28. The average molecular weight is 389 g/mol. The number of benzene rings is 1. The summed E-state index contributed by atoms with van der Waals surface area (Å²) in [5.74, 6) is 0.768. The summed E-state index contributed by atoms with van der Waals surface area (Å²) in [6.45, 7) is 1.45. The Kier molecular flexibility index (Phi) is 5.21. The SMILES string of the molecule is O=C(Cc1csc(NC(=O)c2ccc3c(c2)OCO3)n1)NCC1CCCO1. The van der Waals surface area contributed by atoms with Gasteiger partial charge >= 0.3 is 0 Å². The molecule has 1 atom stereocenters. The summed E-state index contributed by atoms with van der Waals surface area (Å²) in [7, 11) is 0. The Morgan fingerprint density at radius 3 is 3.00 bits per heavy atom. The number of hydrogen-bond donors (Lipinski definition) is 2. The molecule has 2 N–H and O–H groups in total. The lowest BCUT2D eigenvalue weighted by Crippen LogP contribution is -2.32. The van der Waals surface area contributed by atoms with Crippen LogP contribution in [0.5, 0.6) is 11.5 Å². The predicted molar refractivity (Wildman–Crippen MR) is 98.3 cm³/mol. The van der Waals surface area contributed by atoms with E-state index in [9.17, 15) is 9.59 Å². The second-order valence-electron chi connectivity index (χ2n) is 6.28. The molecule has 3 heterocycles. The van der Waals surface area contributed by atoms with E-state index in [1.807, 2.05) is 0 Å². The Bertz CT molecular complexity index is 847. The summed E-state index contributed by atoms with van der Waals surface area (Å²) < 4.78 is 16.0. The van der Waals surface area contributed by atoms with Gasteiger partial charge in [0, 0.05) is 24.1 Å². The first-order valence-corrected chi connectivity index (χ1v) is 9.59. The maximum atomic E-state index is 12.4. The summed E-state index contributed by atoms with van der Waals surface area (Å²) in [4.78, 5) is 28.7. The lowest BCUT2D eigenvalue weighted by atomic mass is 10.2. The third kappa shape index (κ3) is 4.37. The summed E-state index contributed by atoms with van der Waals surface area (Å²) in [5.41, 5.74) is 1.07. The maximum absolute atomic E-state index is 12.4. The number of ether oxygens (including phenoxy) is 3. The molecule has 2 aromatic rings. The molecule has 1 aromatic heterocycles. The molecule has 2 aliphatic rings. The lowest BCUT2D eigenvalue weighted by molar-refractivity contribution is -0.121. The first-order valence-electron chi connectivity index (χ1n) is 8.71. The number of fused-ring (bicyclic) bond motifs is 1. The monoisotopic (exact) mass is 389 g/mol. The standard InChI is InChI=1S/C18H19N3O5S/c22-16(19-8-13-2-1-5-24-13)7-12-9-27-18(20-12)21-17(23)11-3-4-14-15(6-11)26-10-25-14/h3-4,6,9,13H,1-2,5,7-8,10H2,(H,19,22)(H,20,21,23). The summed E-state index contributed by atoms with van der Waals surface area (Å²) in [6.07, 6.45) is 2.30. The van der Waals surface area contributed by atoms with E-state index in [0.29, 0.717) is 34.4 Å². The Hall–Kier alpha value is -2.65. The number of anilines is 1. The largest absolute Gasteiger partial charge is 0.454 e. The molecule has 27 heavy (non-hydrogen) atoms. The average Bonchev–Trinajstić information content (AvgIpc) is 3.41. The summed E-state index contributed by atoms with van der Waals surface area (Å²) in [6, 6.07) is 4.99. The van der Waals surface area contributed by atoms with Crippen molar-refractivity contribution in [3.8, 4) is 11.5 Å². The number of amides is 2. The van der Waals surface area contributed by atoms with E-state index in [0.717, 1.165) is 19.4 Å². The van der Waals surface area contributed by atoms with Crippen LogP contribution >= 0.6 is 11.3 Å². The number of carbonyl (C=O) groups is 2. The minimum atomic E-state index is -0.294. The van der Waals surface area contributed by atoms with Gasteiger partial charge in [0.15, 0.2) is 16.6 Å². The van der Waals surface area contributed by atoms with Gasteiger partial charge in [0.25, 0.3) is 5.91 Å². The minimum absolute atomic E-state index is 0.107. The number of nitrogens with one attached hydrogen (secondary N) is 2. The smallest absolute Gasteiger partial charge is 0.257 e. The van der Waals surface area contributed by atoms with Crippen LogP contribution in [0.4, 0.5) is 5.13 Å². The topological polar surface area (TPSA) is 98.8 Å². The van der Waals surface area contributed by atoms with E-state index < -0.39 is 0 Å². The van der Waals surface area contributed by atoms with E-state index in [2.05, 4.69) is 15.6 Å². The molecular weight excluding hydrogens is 370 g/mol. The van der Waals surface area contributed by atoms with Gasteiger partial charge < -0.3 is 19.5 Å². The van der Waals surface area contributed by atoms with Crippen molar-refractivity contribution in [3.05, 3.63) is 34.8 Å². The molecule has 1 fully saturated rings. The van der Waals surface area contributed by atoms with Crippen LogP contribution < -0.4 is 20.1 Å². The zero-order valence-corrected chi connectivity index (χ0v) is 15.3. The molecule has 2 amide bonds.